The third-order valence-corrected chi connectivity index (χ3v) is 8.23. The molecule has 0 radical (unpaired) electrons. The number of Topliss-reactive ketones (excluding diaryl/α,β-unsaturated/α-hetero) is 1. The van der Waals surface area contributed by atoms with Crippen LogP contribution in [0.25, 0.3) is 0 Å². The third-order valence-electron chi connectivity index (χ3n) is 8.23. The largest absolute Gasteiger partial charge is 0.388 e. The van der Waals surface area contributed by atoms with Crippen LogP contribution in [0.15, 0.2) is 24.3 Å². The van der Waals surface area contributed by atoms with E-state index in [0.717, 1.165) is 37.9 Å². The van der Waals surface area contributed by atoms with Crippen molar-refractivity contribution >= 4 is 23.3 Å². The number of nitrogens with one attached hydrogen (secondary N) is 1. The Bertz CT molecular complexity index is 994. The number of rotatable bonds is 5. The van der Waals surface area contributed by atoms with Gasteiger partial charge in [0.2, 0.25) is 5.91 Å². The predicted octanol–water partition coefficient (Wildman–Crippen LogP) is 1.05. The molecule has 9 nitrogen and oxygen atoms in total. The minimum Gasteiger partial charge on any atom is -0.388 e. The summed E-state index contributed by atoms with van der Waals surface area (Å²) in [5, 5.41) is 13.2. The minimum absolute atomic E-state index is 0.0189. The van der Waals surface area contributed by atoms with Crippen molar-refractivity contribution in [3.8, 4) is 0 Å². The zero-order chi connectivity index (χ0) is 25.6. The van der Waals surface area contributed by atoms with Gasteiger partial charge in [-0.05, 0) is 42.5 Å². The molecule has 196 valence electrons. The summed E-state index contributed by atoms with van der Waals surface area (Å²) in [4.78, 5) is 45.4. The van der Waals surface area contributed by atoms with Crippen LogP contribution in [0.4, 0.5) is 5.69 Å². The number of piperazine rings is 1. The van der Waals surface area contributed by atoms with Crippen LogP contribution >= 0.6 is 0 Å². The van der Waals surface area contributed by atoms with Crippen molar-refractivity contribution in [3.05, 3.63) is 29.8 Å². The number of hydrogen-bond acceptors (Lipinski definition) is 7. The molecule has 1 aromatic carbocycles. The molecule has 4 aliphatic rings. The van der Waals surface area contributed by atoms with Gasteiger partial charge in [0.05, 0.1) is 6.54 Å². The first-order chi connectivity index (χ1) is 17.1. The number of hydrogen-bond donors (Lipinski definition) is 2. The van der Waals surface area contributed by atoms with Crippen LogP contribution in [0.3, 0.4) is 0 Å². The molecule has 3 saturated heterocycles. The Morgan fingerprint density at radius 3 is 2.33 bits per heavy atom. The van der Waals surface area contributed by atoms with E-state index in [0.29, 0.717) is 5.56 Å². The Hall–Kier alpha value is -2.49. The average Bonchev–Trinajstić information content (AvgIpc) is 3.36. The van der Waals surface area contributed by atoms with Crippen molar-refractivity contribution in [2.75, 3.05) is 44.2 Å². The van der Waals surface area contributed by atoms with E-state index >= 15 is 0 Å². The lowest BCUT2D eigenvalue weighted by molar-refractivity contribution is -0.140. The summed E-state index contributed by atoms with van der Waals surface area (Å²) in [7, 11) is 0. The molecule has 5 rings (SSSR count). The van der Waals surface area contributed by atoms with Gasteiger partial charge in [-0.3, -0.25) is 19.3 Å². The Balaban J connectivity index is 1.23. The van der Waals surface area contributed by atoms with E-state index in [2.05, 4.69) is 15.1 Å². The zero-order valence-electron chi connectivity index (χ0n) is 21.5. The molecule has 2 N–H and O–H groups in total. The number of ether oxygens (including phenoxy) is 1. The fourth-order valence-electron chi connectivity index (χ4n) is 5.81. The smallest absolute Gasteiger partial charge is 0.251 e. The van der Waals surface area contributed by atoms with Crippen LogP contribution in [-0.2, 0) is 14.3 Å². The first kappa shape index (κ1) is 25.2. The number of ketones is 1. The highest BCUT2D eigenvalue weighted by Gasteiger charge is 2.53. The number of β-amino-alcohol motifs (C(OH)–C–C–N with tert-alkyl or cyclic N) is 1. The Kier molecular flexibility index (Phi) is 6.82. The van der Waals surface area contributed by atoms with Gasteiger partial charge in [0.25, 0.3) is 5.91 Å². The fraction of sp³-hybridized carbons (Fsp3) is 0.667. The summed E-state index contributed by atoms with van der Waals surface area (Å²) in [6.45, 7) is 9.64. The molecule has 4 atom stereocenters. The van der Waals surface area contributed by atoms with Crippen molar-refractivity contribution in [3.63, 3.8) is 0 Å². The number of fused-ring (bicyclic) bond motifs is 1. The molecule has 3 aliphatic heterocycles. The summed E-state index contributed by atoms with van der Waals surface area (Å²) >= 11 is 0. The Morgan fingerprint density at radius 2 is 1.75 bits per heavy atom. The number of likely N-dealkylation sites (tertiary alicyclic amines) is 1. The SMILES string of the molecule is CC(C)(C)[C@H](NC(=O)c1ccc(N2CCN(C3CCC3)CC2)cc1)C(=O)N1C[C@H](O)[C@H]2OCC(=O)[C@H]21. The number of benzene rings is 1. The molecule has 1 saturated carbocycles. The molecule has 1 aromatic rings. The zero-order valence-corrected chi connectivity index (χ0v) is 21.5. The normalized spacial score (nSPS) is 28.1. The standard InChI is InChI=1S/C27H38N4O5/c1-27(2,3)24(26(35)31-15-20(32)23-22(31)21(33)16-36-23)28-25(34)17-7-9-19(10-8-17)30-13-11-29(12-14-30)18-5-4-6-18/h7-10,18,20,22-24,32H,4-6,11-16H2,1-3H3,(H,28,34)/t20-,22+,23+,24+/m0/s1. The Morgan fingerprint density at radius 1 is 1.08 bits per heavy atom. The number of aliphatic hydroxyl groups is 1. The number of anilines is 1. The maximum Gasteiger partial charge on any atom is 0.251 e. The van der Waals surface area contributed by atoms with Gasteiger partial charge < -0.3 is 25.0 Å². The summed E-state index contributed by atoms with van der Waals surface area (Å²) in [5.74, 6) is -0.926. The van der Waals surface area contributed by atoms with Crippen molar-refractivity contribution in [1.82, 2.24) is 15.1 Å². The van der Waals surface area contributed by atoms with Crippen molar-refractivity contribution in [2.24, 2.45) is 5.41 Å². The van der Waals surface area contributed by atoms with E-state index in [-0.39, 0.29) is 30.7 Å². The highest BCUT2D eigenvalue weighted by Crippen LogP contribution is 2.31. The molecule has 0 spiro atoms. The lowest BCUT2D eigenvalue weighted by atomic mass is 9.85. The van der Waals surface area contributed by atoms with Gasteiger partial charge in [0.15, 0.2) is 5.78 Å². The van der Waals surface area contributed by atoms with E-state index in [1.807, 2.05) is 32.9 Å². The van der Waals surface area contributed by atoms with Crippen molar-refractivity contribution < 1.29 is 24.2 Å². The van der Waals surface area contributed by atoms with Crippen LogP contribution in [0.2, 0.25) is 0 Å². The van der Waals surface area contributed by atoms with Crippen LogP contribution < -0.4 is 10.2 Å². The van der Waals surface area contributed by atoms with Gasteiger partial charge in [0.1, 0.15) is 30.9 Å². The topological polar surface area (TPSA) is 102 Å². The fourth-order valence-corrected chi connectivity index (χ4v) is 5.81. The lowest BCUT2D eigenvalue weighted by Gasteiger charge is -2.43. The van der Waals surface area contributed by atoms with Gasteiger partial charge >= 0.3 is 0 Å². The average molecular weight is 499 g/mol. The molecular weight excluding hydrogens is 460 g/mol. The first-order valence-electron chi connectivity index (χ1n) is 13.2. The van der Waals surface area contributed by atoms with Crippen LogP contribution in [-0.4, -0.2) is 102 Å². The van der Waals surface area contributed by atoms with E-state index < -0.39 is 29.7 Å². The second-order valence-corrected chi connectivity index (χ2v) is 11.7. The third kappa shape index (κ3) is 4.76. The first-order valence-corrected chi connectivity index (χ1v) is 13.2. The monoisotopic (exact) mass is 498 g/mol. The molecular formula is C27H38N4O5. The second kappa shape index (κ2) is 9.76. The number of nitrogens with zero attached hydrogens (tertiary/aromatic N) is 3. The van der Waals surface area contributed by atoms with Gasteiger partial charge in [-0.1, -0.05) is 27.2 Å². The Labute approximate surface area is 212 Å². The van der Waals surface area contributed by atoms with Gasteiger partial charge in [-0.2, -0.15) is 0 Å². The molecule has 0 bridgehead atoms. The molecule has 2 amide bonds. The summed E-state index contributed by atoms with van der Waals surface area (Å²) in [6.07, 6.45) is 2.39. The molecule has 9 heteroatoms. The predicted molar refractivity (Wildman–Crippen MR) is 135 cm³/mol. The van der Waals surface area contributed by atoms with E-state index in [9.17, 15) is 19.5 Å². The van der Waals surface area contributed by atoms with Crippen molar-refractivity contribution in [2.45, 2.75) is 70.4 Å². The number of carbonyl (C=O) groups is 3. The van der Waals surface area contributed by atoms with Crippen LogP contribution in [0.1, 0.15) is 50.4 Å². The molecule has 4 fully saturated rings. The molecule has 0 unspecified atom stereocenters. The summed E-state index contributed by atoms with van der Waals surface area (Å²) < 4.78 is 5.40. The molecule has 36 heavy (non-hydrogen) atoms. The van der Waals surface area contributed by atoms with E-state index in [1.165, 1.54) is 24.2 Å². The van der Waals surface area contributed by atoms with Crippen LogP contribution in [0, 0.1) is 5.41 Å². The van der Waals surface area contributed by atoms with Gasteiger partial charge in [-0.25, -0.2) is 0 Å². The number of carbonyl (C=O) groups excluding carboxylic acids is 3. The summed E-state index contributed by atoms with van der Waals surface area (Å²) in [5.41, 5.74) is 0.979. The van der Waals surface area contributed by atoms with Crippen molar-refractivity contribution in [1.29, 1.82) is 0 Å². The highest BCUT2D eigenvalue weighted by molar-refractivity contribution is 5.99. The minimum atomic E-state index is -0.912. The highest BCUT2D eigenvalue weighted by atomic mass is 16.5. The van der Waals surface area contributed by atoms with E-state index in [1.54, 1.807) is 12.1 Å². The molecule has 1 aliphatic carbocycles. The maximum absolute atomic E-state index is 13.5. The maximum atomic E-state index is 13.5. The molecule has 0 aromatic heterocycles. The molecule has 3 heterocycles. The lowest BCUT2D eigenvalue weighted by Crippen LogP contribution is -2.57. The quantitative estimate of drug-likeness (QED) is 0.626. The van der Waals surface area contributed by atoms with E-state index in [4.69, 9.17) is 4.74 Å². The van der Waals surface area contributed by atoms with Crippen LogP contribution in [0.5, 0.6) is 0 Å². The summed E-state index contributed by atoms with van der Waals surface area (Å²) in [6, 6.07) is 6.66. The number of amides is 2. The van der Waals surface area contributed by atoms with Gasteiger partial charge in [0, 0.05) is 43.5 Å². The second-order valence-electron chi connectivity index (χ2n) is 11.7. The van der Waals surface area contributed by atoms with Gasteiger partial charge in [-0.15, -0.1) is 0 Å². The number of aliphatic hydroxyl groups excluding tert-OH is 1.